The molecule has 0 bridgehead atoms. The Kier molecular flexibility index (Phi) is 6.50. The van der Waals surface area contributed by atoms with E-state index in [2.05, 4.69) is 20.7 Å². The number of alkyl halides is 3. The zero-order valence-electron chi connectivity index (χ0n) is 19.0. The molecule has 8 nitrogen and oxygen atoms in total. The highest BCUT2D eigenvalue weighted by molar-refractivity contribution is 5.95. The molecule has 182 valence electrons. The molecule has 0 fully saturated rings. The minimum absolute atomic E-state index is 0.327. The van der Waals surface area contributed by atoms with E-state index in [0.717, 1.165) is 0 Å². The smallest absolute Gasteiger partial charge is 0.390 e. The molecule has 0 radical (unpaired) electrons. The van der Waals surface area contributed by atoms with Crippen molar-refractivity contribution < 1.29 is 22.7 Å². The highest BCUT2D eigenvalue weighted by atomic mass is 19.4. The number of ether oxygens (including phenoxy) is 1. The van der Waals surface area contributed by atoms with Gasteiger partial charge in [-0.1, -0.05) is 18.2 Å². The van der Waals surface area contributed by atoms with Crippen molar-refractivity contribution in [3.8, 4) is 17.0 Å². The van der Waals surface area contributed by atoms with E-state index in [9.17, 15) is 18.0 Å². The number of nitrogens with two attached hydrogens (primary N) is 1. The third-order valence-electron chi connectivity index (χ3n) is 5.35. The van der Waals surface area contributed by atoms with Crippen LogP contribution in [0, 0.1) is 6.92 Å². The summed E-state index contributed by atoms with van der Waals surface area (Å²) in [5.74, 6) is 0.399. The summed E-state index contributed by atoms with van der Waals surface area (Å²) in [6.45, 7) is 1.44. The van der Waals surface area contributed by atoms with Crippen molar-refractivity contribution >= 4 is 28.7 Å². The van der Waals surface area contributed by atoms with Crippen molar-refractivity contribution in [2.24, 2.45) is 5.73 Å². The average molecular weight is 484 g/mol. The molecular weight excluding hydrogens is 461 g/mol. The Morgan fingerprint density at radius 2 is 1.91 bits per heavy atom. The molecule has 2 heterocycles. The number of hydrogen-bond acceptors (Lipinski definition) is 6. The number of methoxy groups -OCH3 is 1. The fourth-order valence-corrected chi connectivity index (χ4v) is 3.68. The van der Waals surface area contributed by atoms with Gasteiger partial charge in [0.15, 0.2) is 11.5 Å². The third-order valence-corrected chi connectivity index (χ3v) is 5.35. The van der Waals surface area contributed by atoms with E-state index in [0.29, 0.717) is 51.0 Å². The maximum atomic E-state index is 12.7. The highest BCUT2D eigenvalue weighted by Crippen LogP contribution is 2.31. The number of aryl methyl sites for hydroxylation is 1. The quantitative estimate of drug-likeness (QED) is 0.328. The van der Waals surface area contributed by atoms with Crippen molar-refractivity contribution in [3.05, 3.63) is 65.9 Å². The number of benzene rings is 2. The molecule has 0 saturated carbocycles. The molecule has 2 aromatic carbocycles. The monoisotopic (exact) mass is 484 g/mol. The van der Waals surface area contributed by atoms with Gasteiger partial charge >= 0.3 is 6.18 Å². The van der Waals surface area contributed by atoms with Crippen LogP contribution in [-0.2, 0) is 0 Å². The van der Waals surface area contributed by atoms with Crippen molar-refractivity contribution in [2.75, 3.05) is 24.3 Å². The van der Waals surface area contributed by atoms with Crippen molar-refractivity contribution in [2.45, 2.75) is 19.5 Å². The SMILES string of the molecule is COc1ccccc1Nc1cc(NCCC(F)(F)F)c2ncc(-c3ccc(C(N)=O)c(C)c3)n2n1. The summed E-state index contributed by atoms with van der Waals surface area (Å²) in [7, 11) is 1.54. The number of primary amides is 1. The van der Waals surface area contributed by atoms with Crippen LogP contribution in [-0.4, -0.2) is 40.3 Å². The van der Waals surface area contributed by atoms with Crippen LogP contribution in [0.2, 0.25) is 0 Å². The molecule has 0 saturated heterocycles. The molecule has 4 rings (SSSR count). The van der Waals surface area contributed by atoms with E-state index in [1.807, 2.05) is 12.1 Å². The topological polar surface area (TPSA) is 107 Å². The first kappa shape index (κ1) is 23.9. The Labute approximate surface area is 198 Å². The van der Waals surface area contributed by atoms with Crippen LogP contribution < -0.4 is 21.1 Å². The number of carbonyl (C=O) groups excluding carboxylic acids is 1. The normalized spacial score (nSPS) is 11.5. The second-order valence-electron chi connectivity index (χ2n) is 7.83. The van der Waals surface area contributed by atoms with E-state index in [1.165, 1.54) is 11.6 Å². The minimum Gasteiger partial charge on any atom is -0.495 e. The van der Waals surface area contributed by atoms with Gasteiger partial charge in [0.25, 0.3) is 0 Å². The standard InChI is InChI=1S/C24H23F3N6O2/c1-14-11-15(7-8-16(14)22(28)34)19-13-30-23-18(29-10-9-24(25,26)27)12-21(32-33(19)23)31-17-5-3-4-6-20(17)35-2/h3-8,11-13,29H,9-10H2,1-2H3,(H2,28,34)(H,31,32). The van der Waals surface area contributed by atoms with Crippen LogP contribution in [0.3, 0.4) is 0 Å². The van der Waals surface area contributed by atoms with E-state index in [1.54, 1.807) is 49.5 Å². The highest BCUT2D eigenvalue weighted by Gasteiger charge is 2.26. The van der Waals surface area contributed by atoms with Gasteiger partial charge in [-0.05, 0) is 36.8 Å². The zero-order valence-corrected chi connectivity index (χ0v) is 19.0. The number of imidazole rings is 1. The number of nitrogens with zero attached hydrogens (tertiary/aromatic N) is 3. The minimum atomic E-state index is -4.30. The van der Waals surface area contributed by atoms with Crippen LogP contribution in [0.5, 0.6) is 5.75 Å². The van der Waals surface area contributed by atoms with Crippen LogP contribution >= 0.6 is 0 Å². The Hall–Kier alpha value is -4.28. The van der Waals surface area contributed by atoms with Crippen molar-refractivity contribution in [1.82, 2.24) is 14.6 Å². The van der Waals surface area contributed by atoms with E-state index in [4.69, 9.17) is 10.5 Å². The molecule has 0 aliphatic heterocycles. The Morgan fingerprint density at radius 3 is 2.60 bits per heavy atom. The summed E-state index contributed by atoms with van der Waals surface area (Å²) >= 11 is 0. The molecule has 0 unspecified atom stereocenters. The summed E-state index contributed by atoms with van der Waals surface area (Å²) in [6.07, 6.45) is -3.73. The number of nitrogens with one attached hydrogen (secondary N) is 2. The number of hydrogen-bond donors (Lipinski definition) is 3. The van der Waals surface area contributed by atoms with Crippen LogP contribution in [0.25, 0.3) is 16.9 Å². The molecule has 11 heteroatoms. The lowest BCUT2D eigenvalue weighted by Gasteiger charge is -2.14. The number of aromatic nitrogens is 3. The van der Waals surface area contributed by atoms with Gasteiger partial charge in [-0.25, -0.2) is 9.50 Å². The number of fused-ring (bicyclic) bond motifs is 1. The fraction of sp³-hybridized carbons (Fsp3) is 0.208. The first-order valence-electron chi connectivity index (χ1n) is 10.7. The number of rotatable bonds is 8. The lowest BCUT2D eigenvalue weighted by molar-refractivity contribution is -0.131. The molecule has 0 aliphatic carbocycles. The van der Waals surface area contributed by atoms with Gasteiger partial charge < -0.3 is 21.1 Å². The van der Waals surface area contributed by atoms with Gasteiger partial charge in [0.1, 0.15) is 5.75 Å². The molecule has 0 aliphatic rings. The number of amides is 1. The lowest BCUT2D eigenvalue weighted by atomic mass is 10.0. The lowest BCUT2D eigenvalue weighted by Crippen LogP contribution is -2.15. The number of carbonyl (C=O) groups is 1. The molecule has 4 aromatic rings. The predicted molar refractivity (Wildman–Crippen MR) is 127 cm³/mol. The van der Waals surface area contributed by atoms with Crippen LogP contribution in [0.15, 0.2) is 54.7 Å². The fourth-order valence-electron chi connectivity index (χ4n) is 3.68. The van der Waals surface area contributed by atoms with Gasteiger partial charge in [0.2, 0.25) is 5.91 Å². The maximum absolute atomic E-state index is 12.7. The summed E-state index contributed by atoms with van der Waals surface area (Å²) in [5.41, 5.74) is 9.13. The molecule has 0 spiro atoms. The molecule has 0 atom stereocenters. The first-order valence-corrected chi connectivity index (χ1v) is 10.7. The maximum Gasteiger partial charge on any atom is 0.390 e. The summed E-state index contributed by atoms with van der Waals surface area (Å²) in [4.78, 5) is 16.0. The predicted octanol–water partition coefficient (Wildman–Crippen LogP) is 4.92. The Balaban J connectivity index is 1.79. The van der Waals surface area contributed by atoms with Crippen LogP contribution in [0.1, 0.15) is 22.3 Å². The van der Waals surface area contributed by atoms with E-state index < -0.39 is 18.5 Å². The van der Waals surface area contributed by atoms with Crippen molar-refractivity contribution in [1.29, 1.82) is 0 Å². The Bertz CT molecular complexity index is 1380. The van der Waals surface area contributed by atoms with Gasteiger partial charge in [-0.15, -0.1) is 5.10 Å². The molecule has 4 N–H and O–H groups in total. The third kappa shape index (κ3) is 5.29. The second kappa shape index (κ2) is 9.53. The molecular formula is C24H23F3N6O2. The average Bonchev–Trinajstić information content (AvgIpc) is 3.22. The summed E-state index contributed by atoms with van der Waals surface area (Å²) in [6, 6.07) is 13.9. The van der Waals surface area contributed by atoms with E-state index in [-0.39, 0.29) is 6.54 Å². The number of para-hydroxylation sites is 2. The second-order valence-corrected chi connectivity index (χ2v) is 7.83. The number of halogens is 3. The Morgan fingerprint density at radius 1 is 1.14 bits per heavy atom. The first-order chi connectivity index (χ1) is 16.7. The van der Waals surface area contributed by atoms with E-state index >= 15 is 0 Å². The van der Waals surface area contributed by atoms with Gasteiger partial charge in [0, 0.05) is 23.7 Å². The van der Waals surface area contributed by atoms with Gasteiger partial charge in [0.05, 0.1) is 36.8 Å². The largest absolute Gasteiger partial charge is 0.495 e. The summed E-state index contributed by atoms with van der Waals surface area (Å²) < 4.78 is 45.1. The van der Waals surface area contributed by atoms with Crippen LogP contribution in [0.4, 0.5) is 30.4 Å². The number of anilines is 3. The zero-order chi connectivity index (χ0) is 25.2. The molecule has 1 amide bonds. The van der Waals surface area contributed by atoms with Gasteiger partial charge in [-0.2, -0.15) is 13.2 Å². The van der Waals surface area contributed by atoms with Crippen molar-refractivity contribution in [3.63, 3.8) is 0 Å². The van der Waals surface area contributed by atoms with Gasteiger partial charge in [-0.3, -0.25) is 4.79 Å². The molecule has 35 heavy (non-hydrogen) atoms. The summed E-state index contributed by atoms with van der Waals surface area (Å²) in [5, 5.41) is 10.6. The molecule has 2 aromatic heterocycles.